The zero-order chi connectivity index (χ0) is 24.1. The minimum Gasteiger partial charge on any atom is -0.493 e. The summed E-state index contributed by atoms with van der Waals surface area (Å²) in [5.41, 5.74) is 3.66. The number of nitrogens with one attached hydrogen (secondary N) is 1. The van der Waals surface area contributed by atoms with Crippen LogP contribution in [0, 0.1) is 3.57 Å². The summed E-state index contributed by atoms with van der Waals surface area (Å²) >= 11 is 3.70. The minimum absolute atomic E-state index is 0.0900. The number of aliphatic imine (C=N–C) groups is 1. The molecule has 1 aromatic heterocycles. The summed E-state index contributed by atoms with van der Waals surface area (Å²) in [5, 5.41) is 3.79. The Balaban J connectivity index is 1.63. The quantitative estimate of drug-likeness (QED) is 0.163. The first-order valence-corrected chi connectivity index (χ1v) is 12.9. The van der Waals surface area contributed by atoms with Gasteiger partial charge < -0.3 is 14.8 Å². The molecule has 0 unspecified atom stereocenters. The van der Waals surface area contributed by atoms with E-state index >= 15 is 0 Å². The highest BCUT2D eigenvalue weighted by atomic mass is 127. The lowest BCUT2D eigenvalue weighted by Crippen LogP contribution is -2.24. The van der Waals surface area contributed by atoms with Crippen LogP contribution >= 0.6 is 33.9 Å². The largest absolute Gasteiger partial charge is 0.493 e. The maximum Gasteiger partial charge on any atom is 0.308 e. The number of benzene rings is 2. The van der Waals surface area contributed by atoms with Crippen LogP contribution in [0.5, 0.6) is 11.5 Å². The molecule has 0 saturated carbocycles. The molecular weight excluding hydrogens is 563 g/mol. The Morgan fingerprint density at radius 3 is 2.68 bits per heavy atom. The van der Waals surface area contributed by atoms with Crippen LogP contribution in [0.25, 0.3) is 0 Å². The number of hydrogen-bond acceptors (Lipinski definition) is 6. The van der Waals surface area contributed by atoms with Crippen molar-refractivity contribution < 1.29 is 19.1 Å². The molecule has 0 spiro atoms. The SMILES string of the molecule is COc1cc(C=Nc2sc3c(c2C(=O)NCc2ccccc2)CCCC3)cc(I)c1OC(C)=O. The number of ether oxygens (including phenoxy) is 2. The van der Waals surface area contributed by atoms with Crippen molar-refractivity contribution in [1.82, 2.24) is 5.32 Å². The van der Waals surface area contributed by atoms with Gasteiger partial charge in [0.25, 0.3) is 5.91 Å². The highest BCUT2D eigenvalue weighted by molar-refractivity contribution is 14.1. The lowest BCUT2D eigenvalue weighted by molar-refractivity contribution is -0.132. The van der Waals surface area contributed by atoms with E-state index in [0.717, 1.165) is 50.9 Å². The molecule has 1 aliphatic rings. The van der Waals surface area contributed by atoms with Gasteiger partial charge in [0.05, 0.1) is 16.2 Å². The number of methoxy groups -OCH3 is 1. The van der Waals surface area contributed by atoms with Crippen LogP contribution in [0.15, 0.2) is 47.5 Å². The molecule has 34 heavy (non-hydrogen) atoms. The fourth-order valence-corrected chi connectivity index (χ4v) is 5.90. The summed E-state index contributed by atoms with van der Waals surface area (Å²) in [6.45, 7) is 1.83. The van der Waals surface area contributed by atoms with E-state index in [2.05, 4.69) is 27.9 Å². The van der Waals surface area contributed by atoms with E-state index in [1.807, 2.05) is 36.4 Å². The van der Waals surface area contributed by atoms with Crippen LogP contribution < -0.4 is 14.8 Å². The fourth-order valence-electron chi connectivity index (χ4n) is 3.93. The van der Waals surface area contributed by atoms with Gasteiger partial charge in [-0.3, -0.25) is 9.59 Å². The third-order valence-corrected chi connectivity index (χ3v) is 7.51. The van der Waals surface area contributed by atoms with Crippen LogP contribution in [0.3, 0.4) is 0 Å². The number of nitrogens with zero attached hydrogens (tertiary/aromatic N) is 1. The van der Waals surface area contributed by atoms with Gasteiger partial charge in [-0.15, -0.1) is 11.3 Å². The normalized spacial score (nSPS) is 12.9. The van der Waals surface area contributed by atoms with E-state index in [9.17, 15) is 9.59 Å². The van der Waals surface area contributed by atoms with Gasteiger partial charge in [-0.2, -0.15) is 0 Å². The molecule has 0 saturated heterocycles. The number of carbonyl (C=O) groups is 2. The second kappa shape index (κ2) is 11.1. The van der Waals surface area contributed by atoms with Gasteiger partial charge >= 0.3 is 5.97 Å². The van der Waals surface area contributed by atoms with E-state index < -0.39 is 5.97 Å². The summed E-state index contributed by atoms with van der Waals surface area (Å²) < 4.78 is 11.4. The predicted octanol–water partition coefficient (Wildman–Crippen LogP) is 5.85. The Morgan fingerprint density at radius 2 is 1.94 bits per heavy atom. The molecule has 1 aliphatic carbocycles. The minimum atomic E-state index is -0.409. The van der Waals surface area contributed by atoms with E-state index in [0.29, 0.717) is 23.6 Å². The molecule has 2 aromatic carbocycles. The molecule has 0 bridgehead atoms. The van der Waals surface area contributed by atoms with Crippen molar-refractivity contribution in [3.63, 3.8) is 0 Å². The number of amides is 1. The summed E-state index contributed by atoms with van der Waals surface area (Å²) in [6, 6.07) is 13.5. The van der Waals surface area contributed by atoms with Gasteiger partial charge in [0.2, 0.25) is 0 Å². The summed E-state index contributed by atoms with van der Waals surface area (Å²) in [6.07, 6.45) is 5.83. The van der Waals surface area contributed by atoms with Crippen molar-refractivity contribution in [2.75, 3.05) is 7.11 Å². The third-order valence-electron chi connectivity index (χ3n) is 5.50. The fraction of sp³-hybridized carbons (Fsp3) is 0.269. The highest BCUT2D eigenvalue weighted by Gasteiger charge is 2.25. The molecule has 6 nitrogen and oxygen atoms in total. The molecule has 8 heteroatoms. The van der Waals surface area contributed by atoms with Crippen molar-refractivity contribution in [3.8, 4) is 11.5 Å². The van der Waals surface area contributed by atoms with E-state index in [1.54, 1.807) is 23.6 Å². The second-order valence-electron chi connectivity index (χ2n) is 7.95. The van der Waals surface area contributed by atoms with Gasteiger partial charge in [0.1, 0.15) is 5.00 Å². The number of carbonyl (C=O) groups excluding carboxylic acids is 2. The van der Waals surface area contributed by atoms with E-state index in [-0.39, 0.29) is 5.91 Å². The van der Waals surface area contributed by atoms with E-state index in [4.69, 9.17) is 14.5 Å². The molecule has 0 radical (unpaired) electrons. The summed E-state index contributed by atoms with van der Waals surface area (Å²) in [7, 11) is 1.53. The zero-order valence-electron chi connectivity index (χ0n) is 19.0. The van der Waals surface area contributed by atoms with Crippen LogP contribution in [-0.2, 0) is 24.2 Å². The standard InChI is InChI=1S/C26H25IN2O4S/c1-16(30)33-24-20(27)12-18(13-21(24)32-2)15-29-26-23(19-10-6-7-11-22(19)34-26)25(31)28-14-17-8-4-3-5-9-17/h3-5,8-9,12-13,15H,6-7,10-11,14H2,1-2H3,(H,28,31). The van der Waals surface area contributed by atoms with Gasteiger partial charge in [-0.25, -0.2) is 4.99 Å². The smallest absolute Gasteiger partial charge is 0.308 e. The lowest BCUT2D eigenvalue weighted by Gasteiger charge is -2.13. The molecule has 0 fully saturated rings. The van der Waals surface area contributed by atoms with Gasteiger partial charge in [0, 0.05) is 24.6 Å². The van der Waals surface area contributed by atoms with Gasteiger partial charge in [-0.05, 0) is 77.1 Å². The first-order valence-electron chi connectivity index (χ1n) is 11.0. The number of aryl methyl sites for hydroxylation is 1. The molecule has 3 aromatic rings. The monoisotopic (exact) mass is 588 g/mol. The Labute approximate surface area is 216 Å². The van der Waals surface area contributed by atoms with Gasteiger partial charge in [0.15, 0.2) is 11.5 Å². The highest BCUT2D eigenvalue weighted by Crippen LogP contribution is 2.40. The molecule has 4 rings (SSSR count). The van der Waals surface area contributed by atoms with Crippen LogP contribution in [-0.4, -0.2) is 25.2 Å². The number of rotatable bonds is 7. The molecule has 0 atom stereocenters. The topological polar surface area (TPSA) is 77.0 Å². The predicted molar refractivity (Wildman–Crippen MR) is 143 cm³/mol. The number of halogens is 1. The second-order valence-corrected chi connectivity index (χ2v) is 10.2. The Morgan fingerprint density at radius 1 is 1.18 bits per heavy atom. The van der Waals surface area contributed by atoms with Crippen molar-refractivity contribution in [1.29, 1.82) is 0 Å². The van der Waals surface area contributed by atoms with Crippen molar-refractivity contribution in [2.45, 2.75) is 39.2 Å². The Hall–Kier alpha value is -2.72. The maximum atomic E-state index is 13.2. The van der Waals surface area contributed by atoms with Crippen molar-refractivity contribution in [2.24, 2.45) is 4.99 Å². The number of thiophene rings is 1. The third kappa shape index (κ3) is 5.67. The molecule has 1 amide bonds. The summed E-state index contributed by atoms with van der Waals surface area (Å²) in [4.78, 5) is 30.6. The first kappa shape index (κ1) is 24.4. The number of esters is 1. The number of fused-ring (bicyclic) bond motifs is 1. The van der Waals surface area contributed by atoms with Gasteiger partial charge in [-0.1, -0.05) is 30.3 Å². The van der Waals surface area contributed by atoms with Crippen LogP contribution in [0.2, 0.25) is 0 Å². The molecular formula is C26H25IN2O4S. The summed E-state index contributed by atoms with van der Waals surface area (Å²) in [5.74, 6) is 0.343. The molecule has 1 N–H and O–H groups in total. The van der Waals surface area contributed by atoms with Crippen LogP contribution in [0.4, 0.5) is 5.00 Å². The van der Waals surface area contributed by atoms with Crippen LogP contribution in [0.1, 0.15) is 51.7 Å². The van der Waals surface area contributed by atoms with Crippen molar-refractivity contribution >= 4 is 57.0 Å². The van der Waals surface area contributed by atoms with E-state index in [1.165, 1.54) is 18.9 Å². The average molecular weight is 588 g/mol. The first-order chi connectivity index (χ1) is 16.5. The molecule has 0 aliphatic heterocycles. The average Bonchev–Trinajstić information content (AvgIpc) is 3.21. The Kier molecular flexibility index (Phi) is 7.99. The lowest BCUT2D eigenvalue weighted by atomic mass is 9.95. The Bertz CT molecular complexity index is 1240. The molecule has 176 valence electrons. The number of hydrogen-bond donors (Lipinski definition) is 1. The zero-order valence-corrected chi connectivity index (χ0v) is 22.0. The van der Waals surface area contributed by atoms with Crippen molar-refractivity contribution in [3.05, 3.63) is 73.2 Å². The maximum absolute atomic E-state index is 13.2. The molecule has 1 heterocycles.